The molecule has 2 heterocycles. The minimum Gasteiger partial charge on any atom is -0.339 e. The van der Waals surface area contributed by atoms with Crippen LogP contribution in [-0.2, 0) is 24.1 Å². The lowest BCUT2D eigenvalue weighted by molar-refractivity contribution is -0.132. The van der Waals surface area contributed by atoms with Gasteiger partial charge in [-0.1, -0.05) is 48.5 Å². The van der Waals surface area contributed by atoms with E-state index in [1.165, 1.54) is 5.56 Å². The highest BCUT2D eigenvalue weighted by Gasteiger charge is 2.29. The van der Waals surface area contributed by atoms with Gasteiger partial charge in [-0.25, -0.2) is 0 Å². The van der Waals surface area contributed by atoms with Gasteiger partial charge in [0.15, 0.2) is 0 Å². The maximum Gasteiger partial charge on any atom is 0.255 e. The summed E-state index contributed by atoms with van der Waals surface area (Å²) in [4.78, 5) is 34.9. The minimum atomic E-state index is 0.0953. The summed E-state index contributed by atoms with van der Waals surface area (Å²) >= 11 is 0. The number of nitrogens with zero attached hydrogens (tertiary/aromatic N) is 3. The van der Waals surface area contributed by atoms with Crippen molar-refractivity contribution in [1.82, 2.24) is 14.8 Å². The molecule has 1 aromatic heterocycles. The predicted molar refractivity (Wildman–Crippen MR) is 126 cm³/mol. The van der Waals surface area contributed by atoms with Crippen LogP contribution in [0.4, 0.5) is 0 Å². The lowest BCUT2D eigenvalue weighted by Crippen LogP contribution is -2.50. The second-order valence-corrected chi connectivity index (χ2v) is 8.79. The molecule has 2 aromatic carbocycles. The van der Waals surface area contributed by atoms with E-state index in [1.807, 2.05) is 52.3 Å². The van der Waals surface area contributed by atoms with Crippen molar-refractivity contribution in [2.45, 2.75) is 38.5 Å². The lowest BCUT2D eigenvalue weighted by atomic mass is 9.99. The summed E-state index contributed by atoms with van der Waals surface area (Å²) in [6.45, 7) is 2.41. The van der Waals surface area contributed by atoms with Crippen molar-refractivity contribution in [3.63, 3.8) is 0 Å². The van der Waals surface area contributed by atoms with Gasteiger partial charge in [-0.2, -0.15) is 0 Å². The third kappa shape index (κ3) is 4.12. The van der Waals surface area contributed by atoms with Gasteiger partial charge in [0.1, 0.15) is 0 Å². The first kappa shape index (κ1) is 20.7. The molecule has 0 spiro atoms. The molecule has 3 aromatic rings. The highest BCUT2D eigenvalue weighted by atomic mass is 16.2. The quantitative estimate of drug-likeness (QED) is 0.618. The zero-order chi connectivity index (χ0) is 21.9. The molecular weight excluding hydrogens is 398 g/mol. The zero-order valence-electron chi connectivity index (χ0n) is 18.4. The van der Waals surface area contributed by atoms with E-state index in [9.17, 15) is 9.59 Å². The molecule has 32 heavy (non-hydrogen) atoms. The molecule has 5 rings (SSSR count). The van der Waals surface area contributed by atoms with Gasteiger partial charge >= 0.3 is 0 Å². The van der Waals surface area contributed by atoms with Crippen LogP contribution in [0.5, 0.6) is 0 Å². The number of carbonyl (C=O) groups is 2. The number of aryl methyl sites for hydroxylation is 2. The summed E-state index contributed by atoms with van der Waals surface area (Å²) in [5, 5.41) is 0.956. The zero-order valence-corrected chi connectivity index (χ0v) is 18.4. The Morgan fingerprint density at radius 2 is 1.56 bits per heavy atom. The minimum absolute atomic E-state index is 0.0953. The molecule has 5 heteroatoms. The molecule has 0 N–H and O–H groups in total. The number of hydrogen-bond donors (Lipinski definition) is 0. The highest BCUT2D eigenvalue weighted by Crippen LogP contribution is 2.31. The summed E-state index contributed by atoms with van der Waals surface area (Å²) in [6.07, 6.45) is 5.28. The topological polar surface area (TPSA) is 53.5 Å². The van der Waals surface area contributed by atoms with Gasteiger partial charge in [0, 0.05) is 43.7 Å². The molecule has 5 nitrogen and oxygen atoms in total. The molecule has 0 radical (unpaired) electrons. The Kier molecular flexibility index (Phi) is 5.89. The Morgan fingerprint density at radius 1 is 0.844 bits per heavy atom. The Hall–Kier alpha value is -3.21. The molecular formula is C27H29N3O2. The van der Waals surface area contributed by atoms with Crippen LogP contribution < -0.4 is 0 Å². The second kappa shape index (κ2) is 9.11. The van der Waals surface area contributed by atoms with Crippen LogP contribution in [-0.4, -0.2) is 52.8 Å². The maximum absolute atomic E-state index is 13.6. The standard InChI is InChI=1S/C27H29N3O2/c31-25(15-6-10-20-8-2-1-3-9-20)29-16-18-30(19-17-29)27(32)26-21-11-4-5-13-23(21)28-24-14-7-12-22(24)26/h1-5,8-9,11,13H,6-7,10,12,14-19H2. The molecule has 164 valence electrons. The average Bonchev–Trinajstić information content (AvgIpc) is 3.31. The fourth-order valence-electron chi connectivity index (χ4n) is 5.02. The summed E-state index contributed by atoms with van der Waals surface area (Å²) in [7, 11) is 0. The Labute approximate surface area is 189 Å². The number of benzene rings is 2. The molecule has 1 saturated heterocycles. The molecule has 0 unspecified atom stereocenters. The largest absolute Gasteiger partial charge is 0.339 e. The van der Waals surface area contributed by atoms with Gasteiger partial charge in [0.05, 0.1) is 11.1 Å². The van der Waals surface area contributed by atoms with Crippen molar-refractivity contribution in [1.29, 1.82) is 0 Å². The van der Waals surface area contributed by atoms with E-state index in [0.717, 1.165) is 59.8 Å². The van der Waals surface area contributed by atoms with Gasteiger partial charge in [-0.3, -0.25) is 14.6 Å². The monoisotopic (exact) mass is 427 g/mol. The van der Waals surface area contributed by atoms with Crippen molar-refractivity contribution in [2.24, 2.45) is 0 Å². The number of carbonyl (C=O) groups excluding carboxylic acids is 2. The molecule has 2 aliphatic rings. The van der Waals surface area contributed by atoms with Crippen LogP contribution in [0.25, 0.3) is 10.9 Å². The van der Waals surface area contributed by atoms with Crippen LogP contribution in [0.3, 0.4) is 0 Å². The van der Waals surface area contributed by atoms with E-state index in [-0.39, 0.29) is 11.8 Å². The predicted octanol–water partition coefficient (Wildman–Crippen LogP) is 4.03. The first-order valence-electron chi connectivity index (χ1n) is 11.7. The van der Waals surface area contributed by atoms with Crippen LogP contribution in [0, 0.1) is 0 Å². The second-order valence-electron chi connectivity index (χ2n) is 8.79. The number of aromatic nitrogens is 1. The van der Waals surface area contributed by atoms with Crippen LogP contribution in [0.2, 0.25) is 0 Å². The fourth-order valence-corrected chi connectivity index (χ4v) is 5.02. The van der Waals surface area contributed by atoms with Crippen LogP contribution in [0.15, 0.2) is 54.6 Å². The third-order valence-electron chi connectivity index (χ3n) is 6.75. The molecule has 0 atom stereocenters. The number of fused-ring (bicyclic) bond motifs is 2. The van der Waals surface area contributed by atoms with Gasteiger partial charge in [-0.05, 0) is 49.3 Å². The van der Waals surface area contributed by atoms with E-state index >= 15 is 0 Å². The summed E-state index contributed by atoms with van der Waals surface area (Å²) in [5.74, 6) is 0.293. The van der Waals surface area contributed by atoms with Crippen molar-refractivity contribution in [3.05, 3.63) is 77.0 Å². The van der Waals surface area contributed by atoms with Gasteiger partial charge in [0.2, 0.25) is 5.91 Å². The summed E-state index contributed by atoms with van der Waals surface area (Å²) < 4.78 is 0. The Bertz CT molecular complexity index is 1130. The van der Waals surface area contributed by atoms with Crippen LogP contribution in [0.1, 0.15) is 46.4 Å². The van der Waals surface area contributed by atoms with Crippen molar-refractivity contribution < 1.29 is 9.59 Å². The summed E-state index contributed by atoms with van der Waals surface area (Å²) in [6, 6.07) is 18.3. The van der Waals surface area contributed by atoms with Gasteiger partial charge < -0.3 is 9.80 Å². The number of pyridine rings is 1. The van der Waals surface area contributed by atoms with E-state index < -0.39 is 0 Å². The SMILES string of the molecule is O=C(CCCc1ccccc1)N1CCN(C(=O)c2c3c(nc4ccccc24)CCC3)CC1. The normalized spacial score (nSPS) is 15.8. The van der Waals surface area contributed by atoms with E-state index in [2.05, 4.69) is 12.1 Å². The molecule has 0 bridgehead atoms. The molecule has 1 fully saturated rings. The van der Waals surface area contributed by atoms with E-state index in [0.29, 0.717) is 32.6 Å². The molecule has 1 aliphatic heterocycles. The highest BCUT2D eigenvalue weighted by molar-refractivity contribution is 6.08. The lowest BCUT2D eigenvalue weighted by Gasteiger charge is -2.35. The van der Waals surface area contributed by atoms with Gasteiger partial charge in [-0.15, -0.1) is 0 Å². The van der Waals surface area contributed by atoms with Crippen molar-refractivity contribution in [3.8, 4) is 0 Å². The number of hydrogen-bond acceptors (Lipinski definition) is 3. The first-order chi connectivity index (χ1) is 15.7. The van der Waals surface area contributed by atoms with Crippen molar-refractivity contribution >= 4 is 22.7 Å². The first-order valence-corrected chi connectivity index (χ1v) is 11.7. The molecule has 0 saturated carbocycles. The van der Waals surface area contributed by atoms with Crippen molar-refractivity contribution in [2.75, 3.05) is 26.2 Å². The smallest absolute Gasteiger partial charge is 0.255 e. The maximum atomic E-state index is 13.6. The number of piperazine rings is 1. The van der Waals surface area contributed by atoms with E-state index in [1.54, 1.807) is 0 Å². The van der Waals surface area contributed by atoms with Crippen LogP contribution >= 0.6 is 0 Å². The number of rotatable bonds is 5. The molecule has 2 amide bonds. The van der Waals surface area contributed by atoms with Gasteiger partial charge in [0.25, 0.3) is 5.91 Å². The summed E-state index contributed by atoms with van der Waals surface area (Å²) in [5.41, 5.74) is 5.23. The fraction of sp³-hybridized carbons (Fsp3) is 0.370. The molecule has 1 aliphatic carbocycles. The number of amides is 2. The Morgan fingerprint density at radius 3 is 2.38 bits per heavy atom. The van der Waals surface area contributed by atoms with E-state index in [4.69, 9.17) is 4.98 Å². The third-order valence-corrected chi connectivity index (χ3v) is 6.75. The number of para-hydroxylation sites is 1. The Balaban J connectivity index is 1.22. The average molecular weight is 428 g/mol.